The third kappa shape index (κ3) is 3.21. The zero-order valence-corrected chi connectivity index (χ0v) is 12.1. The van der Waals surface area contributed by atoms with Crippen molar-refractivity contribution in [1.29, 1.82) is 5.26 Å². The molecule has 0 aliphatic rings. The molecule has 0 unspecified atom stereocenters. The Balaban J connectivity index is 2.46. The van der Waals surface area contributed by atoms with E-state index < -0.39 is 0 Å². The molecule has 0 aliphatic heterocycles. The zero-order valence-electron chi connectivity index (χ0n) is 11.2. The molecule has 0 fully saturated rings. The Morgan fingerprint density at radius 3 is 2.86 bits per heavy atom. The van der Waals surface area contributed by atoms with Crippen LogP contribution >= 0.6 is 11.8 Å². The number of benzene rings is 1. The Morgan fingerprint density at radius 2 is 2.19 bits per heavy atom. The first kappa shape index (κ1) is 14.6. The van der Waals surface area contributed by atoms with Gasteiger partial charge in [-0.3, -0.25) is 0 Å². The molecule has 0 aliphatic carbocycles. The van der Waals surface area contributed by atoms with Crippen LogP contribution in [0.2, 0.25) is 0 Å². The van der Waals surface area contributed by atoms with Crippen molar-refractivity contribution in [3.05, 3.63) is 41.6 Å². The lowest BCUT2D eigenvalue weighted by atomic mass is 10.1. The summed E-state index contributed by atoms with van der Waals surface area (Å²) < 4.78 is 0. The van der Waals surface area contributed by atoms with Crippen LogP contribution in [-0.4, -0.2) is 22.1 Å². The van der Waals surface area contributed by atoms with E-state index >= 15 is 0 Å². The van der Waals surface area contributed by atoms with Gasteiger partial charge in [0.05, 0.1) is 11.9 Å². The zero-order chi connectivity index (χ0) is 15.2. The van der Waals surface area contributed by atoms with Gasteiger partial charge in [-0.25, -0.2) is 9.97 Å². The topological polar surface area (TPSA) is 126 Å². The Labute approximate surface area is 126 Å². The Hall–Kier alpha value is -2.79. The van der Waals surface area contributed by atoms with E-state index in [2.05, 4.69) is 20.4 Å². The second-order valence-corrected chi connectivity index (χ2v) is 4.69. The number of hydrazone groups is 1. The van der Waals surface area contributed by atoms with E-state index in [0.717, 1.165) is 0 Å². The molecule has 0 amide bonds. The molecule has 7 nitrogen and oxygen atoms in total. The summed E-state index contributed by atoms with van der Waals surface area (Å²) in [6, 6.07) is 9.27. The van der Waals surface area contributed by atoms with Crippen LogP contribution in [-0.2, 0) is 0 Å². The maximum Gasteiger partial charge on any atom is 0.189 e. The lowest BCUT2D eigenvalue weighted by Gasteiger charge is -2.12. The van der Waals surface area contributed by atoms with Gasteiger partial charge in [0, 0.05) is 5.56 Å². The van der Waals surface area contributed by atoms with E-state index in [4.69, 9.17) is 16.8 Å². The fourth-order valence-corrected chi connectivity index (χ4v) is 1.99. The molecule has 0 saturated carbocycles. The van der Waals surface area contributed by atoms with Gasteiger partial charge in [0.2, 0.25) is 0 Å². The van der Waals surface area contributed by atoms with E-state index in [1.54, 1.807) is 12.1 Å². The number of anilines is 2. The van der Waals surface area contributed by atoms with Crippen LogP contribution in [0.25, 0.3) is 0 Å². The molecule has 2 aromatic rings. The summed E-state index contributed by atoms with van der Waals surface area (Å²) in [5.74, 6) is 5.82. The quantitative estimate of drug-likeness (QED) is 0.194. The molecular weight excluding hydrogens is 286 g/mol. The smallest absolute Gasteiger partial charge is 0.189 e. The summed E-state index contributed by atoms with van der Waals surface area (Å²) >= 11 is 1.39. The van der Waals surface area contributed by atoms with E-state index in [1.165, 1.54) is 18.0 Å². The normalized spacial score (nSPS) is 11.0. The summed E-state index contributed by atoms with van der Waals surface area (Å²) in [4.78, 5) is 8.35. The van der Waals surface area contributed by atoms with Gasteiger partial charge in [0.25, 0.3) is 0 Å². The lowest BCUT2D eigenvalue weighted by molar-refractivity contribution is 0.969. The number of aromatic nitrogens is 2. The highest BCUT2D eigenvalue weighted by atomic mass is 32.2. The summed E-state index contributed by atoms with van der Waals surface area (Å²) in [5, 5.41) is 16.3. The van der Waals surface area contributed by atoms with Gasteiger partial charge in [0.15, 0.2) is 16.8 Å². The molecule has 106 valence electrons. The Bertz CT molecular complexity index is 721. The first-order chi connectivity index (χ1) is 10.2. The van der Waals surface area contributed by atoms with Gasteiger partial charge >= 0.3 is 0 Å². The summed E-state index contributed by atoms with van der Waals surface area (Å²) in [7, 11) is 0. The second kappa shape index (κ2) is 6.58. The monoisotopic (exact) mass is 299 g/mol. The molecule has 21 heavy (non-hydrogen) atoms. The number of nitrogens with two attached hydrogens (primary N) is 2. The van der Waals surface area contributed by atoms with Crippen molar-refractivity contribution in [3.8, 4) is 6.07 Å². The van der Waals surface area contributed by atoms with Crippen molar-refractivity contribution in [2.75, 3.05) is 11.6 Å². The fourth-order valence-electron chi connectivity index (χ4n) is 1.65. The van der Waals surface area contributed by atoms with E-state index in [9.17, 15) is 0 Å². The Morgan fingerprint density at radius 1 is 1.43 bits per heavy atom. The van der Waals surface area contributed by atoms with Crippen LogP contribution in [0.15, 0.2) is 40.7 Å². The van der Waals surface area contributed by atoms with E-state index in [1.807, 2.05) is 24.5 Å². The molecule has 1 heterocycles. The van der Waals surface area contributed by atoms with Crippen LogP contribution in [0.3, 0.4) is 0 Å². The second-order valence-electron chi connectivity index (χ2n) is 3.92. The Kier molecular flexibility index (Phi) is 4.58. The van der Waals surface area contributed by atoms with Gasteiger partial charge in [-0.2, -0.15) is 10.4 Å². The number of nitriles is 1. The van der Waals surface area contributed by atoms with Gasteiger partial charge in [-0.15, -0.1) is 0 Å². The van der Waals surface area contributed by atoms with Gasteiger partial charge < -0.3 is 16.9 Å². The molecule has 2 rings (SSSR count). The van der Waals surface area contributed by atoms with E-state index in [0.29, 0.717) is 27.8 Å². The summed E-state index contributed by atoms with van der Waals surface area (Å²) in [6.45, 7) is 0. The minimum atomic E-state index is 0.191. The SMILES string of the molecule is CSc1ncc(C#N)c(Nc2ccccc2C(N)=NN)n1. The fraction of sp³-hybridized carbons (Fsp3) is 0.0769. The van der Waals surface area contributed by atoms with E-state index in [-0.39, 0.29) is 5.84 Å². The third-order valence-electron chi connectivity index (χ3n) is 2.66. The third-order valence-corrected chi connectivity index (χ3v) is 3.23. The number of rotatable bonds is 4. The number of hydrogen-bond donors (Lipinski definition) is 3. The largest absolute Gasteiger partial charge is 0.382 e. The van der Waals surface area contributed by atoms with Crippen LogP contribution in [0.5, 0.6) is 0 Å². The van der Waals surface area contributed by atoms with Crippen molar-refractivity contribution in [1.82, 2.24) is 9.97 Å². The van der Waals surface area contributed by atoms with Crippen LogP contribution in [0, 0.1) is 11.3 Å². The predicted octanol–water partition coefficient (Wildman–Crippen LogP) is 1.39. The van der Waals surface area contributed by atoms with Gasteiger partial charge in [-0.1, -0.05) is 23.9 Å². The molecule has 8 heteroatoms. The molecular formula is C13H13N7S. The highest BCUT2D eigenvalue weighted by molar-refractivity contribution is 7.98. The first-order valence-corrected chi connectivity index (χ1v) is 7.13. The van der Waals surface area contributed by atoms with Crippen molar-refractivity contribution in [2.45, 2.75) is 5.16 Å². The molecule has 1 aromatic heterocycles. The minimum Gasteiger partial charge on any atom is -0.382 e. The van der Waals surface area contributed by atoms with Crippen molar-refractivity contribution < 1.29 is 0 Å². The van der Waals surface area contributed by atoms with Crippen molar-refractivity contribution in [3.63, 3.8) is 0 Å². The van der Waals surface area contributed by atoms with Crippen LogP contribution in [0.1, 0.15) is 11.1 Å². The molecule has 0 radical (unpaired) electrons. The standard InChI is InChI=1S/C13H13N7S/c1-21-13-17-7-8(6-14)12(19-13)18-10-5-3-2-4-9(10)11(15)20-16/h2-5,7H,16H2,1H3,(H2,15,20)(H,17,18,19). The number of nitrogens with zero attached hydrogens (tertiary/aromatic N) is 4. The lowest BCUT2D eigenvalue weighted by Crippen LogP contribution is -2.17. The average molecular weight is 299 g/mol. The molecule has 1 aromatic carbocycles. The molecule has 5 N–H and O–H groups in total. The highest BCUT2D eigenvalue weighted by Crippen LogP contribution is 2.23. The number of para-hydroxylation sites is 1. The summed E-state index contributed by atoms with van der Waals surface area (Å²) in [6.07, 6.45) is 3.34. The van der Waals surface area contributed by atoms with Crippen molar-refractivity contribution in [2.24, 2.45) is 16.7 Å². The van der Waals surface area contributed by atoms with Crippen LogP contribution < -0.4 is 16.9 Å². The predicted molar refractivity (Wildman–Crippen MR) is 83.2 cm³/mol. The van der Waals surface area contributed by atoms with Gasteiger partial charge in [0.1, 0.15) is 11.6 Å². The highest BCUT2D eigenvalue weighted by Gasteiger charge is 2.11. The number of amidine groups is 1. The maximum atomic E-state index is 9.14. The molecule has 0 bridgehead atoms. The number of thioether (sulfide) groups is 1. The van der Waals surface area contributed by atoms with Crippen LogP contribution in [0.4, 0.5) is 11.5 Å². The first-order valence-electron chi connectivity index (χ1n) is 5.90. The number of hydrogen-bond acceptors (Lipinski definition) is 7. The van der Waals surface area contributed by atoms with Gasteiger partial charge in [-0.05, 0) is 18.4 Å². The molecule has 0 atom stereocenters. The molecule has 0 saturated heterocycles. The average Bonchev–Trinajstić information content (AvgIpc) is 2.54. The van der Waals surface area contributed by atoms with Crippen molar-refractivity contribution >= 4 is 29.1 Å². The number of nitrogens with one attached hydrogen (secondary N) is 1. The minimum absolute atomic E-state index is 0.191. The summed E-state index contributed by atoms with van der Waals surface area (Å²) in [5.41, 5.74) is 7.39. The maximum absolute atomic E-state index is 9.14. The molecule has 0 spiro atoms.